The number of hydrogen-bond donors (Lipinski definition) is 1. The van der Waals surface area contributed by atoms with E-state index in [9.17, 15) is 14.7 Å². The summed E-state index contributed by atoms with van der Waals surface area (Å²) in [6, 6.07) is 11.2. The van der Waals surface area contributed by atoms with Gasteiger partial charge in [0.25, 0.3) is 11.7 Å². The number of methoxy groups -OCH3 is 1. The van der Waals surface area contributed by atoms with Gasteiger partial charge in [0, 0.05) is 18.7 Å². The Hall–Kier alpha value is -3.78. The molecule has 37 heavy (non-hydrogen) atoms. The van der Waals surface area contributed by atoms with E-state index in [1.165, 1.54) is 4.90 Å². The summed E-state index contributed by atoms with van der Waals surface area (Å²) in [5.74, 6) is 0.0341. The summed E-state index contributed by atoms with van der Waals surface area (Å²) < 4.78 is 16.7. The van der Waals surface area contributed by atoms with Gasteiger partial charge in [-0.15, -0.1) is 0 Å². The van der Waals surface area contributed by atoms with Gasteiger partial charge in [0.1, 0.15) is 18.1 Å². The molecule has 1 aliphatic heterocycles. The van der Waals surface area contributed by atoms with Gasteiger partial charge in [0.15, 0.2) is 11.5 Å². The first-order chi connectivity index (χ1) is 17.9. The van der Waals surface area contributed by atoms with Crippen molar-refractivity contribution in [2.75, 3.05) is 46.5 Å². The Balaban J connectivity index is 2.14. The molecule has 1 N–H and O–H groups in total. The summed E-state index contributed by atoms with van der Waals surface area (Å²) in [4.78, 5) is 30.3. The van der Waals surface area contributed by atoms with Gasteiger partial charge in [-0.1, -0.05) is 32.6 Å². The number of ketones is 1. The number of likely N-dealkylation sites (N-methyl/N-ethyl adjacent to an activating group) is 1. The van der Waals surface area contributed by atoms with Crippen LogP contribution in [0.5, 0.6) is 17.2 Å². The minimum Gasteiger partial charge on any atom is -0.507 e. The van der Waals surface area contributed by atoms with Crippen molar-refractivity contribution in [2.45, 2.75) is 26.8 Å². The molecule has 1 heterocycles. The Bertz CT molecular complexity index is 1140. The first-order valence-corrected chi connectivity index (χ1v) is 12.6. The van der Waals surface area contributed by atoms with Crippen LogP contribution in [0, 0.1) is 0 Å². The highest BCUT2D eigenvalue weighted by Crippen LogP contribution is 2.42. The van der Waals surface area contributed by atoms with E-state index in [0.717, 1.165) is 13.1 Å². The topological polar surface area (TPSA) is 88.5 Å². The SMILES string of the molecule is C=CCOc1ccc(C2/C(=C(\O)c3ccc(OC)cc3)C(=O)C(=O)N2CCN(CC)CC)cc1OCC. The van der Waals surface area contributed by atoms with Gasteiger partial charge in [-0.25, -0.2) is 0 Å². The lowest BCUT2D eigenvalue weighted by Gasteiger charge is -2.28. The van der Waals surface area contributed by atoms with Crippen LogP contribution in [-0.4, -0.2) is 73.1 Å². The smallest absolute Gasteiger partial charge is 0.295 e. The zero-order valence-corrected chi connectivity index (χ0v) is 22.0. The molecule has 0 saturated carbocycles. The summed E-state index contributed by atoms with van der Waals surface area (Å²) in [6.07, 6.45) is 1.64. The van der Waals surface area contributed by atoms with Crippen molar-refractivity contribution in [1.29, 1.82) is 0 Å². The van der Waals surface area contributed by atoms with E-state index < -0.39 is 17.7 Å². The third-order valence-corrected chi connectivity index (χ3v) is 6.40. The Morgan fingerprint density at radius 2 is 1.76 bits per heavy atom. The number of nitrogens with zero attached hydrogens (tertiary/aromatic N) is 2. The molecule has 0 aliphatic carbocycles. The molecule has 1 saturated heterocycles. The van der Waals surface area contributed by atoms with E-state index in [1.807, 2.05) is 6.92 Å². The predicted molar refractivity (Wildman–Crippen MR) is 143 cm³/mol. The number of ether oxygens (including phenoxy) is 3. The molecule has 1 amide bonds. The van der Waals surface area contributed by atoms with Gasteiger partial charge in [0.2, 0.25) is 0 Å². The maximum Gasteiger partial charge on any atom is 0.295 e. The lowest BCUT2D eigenvalue weighted by atomic mass is 9.95. The highest BCUT2D eigenvalue weighted by molar-refractivity contribution is 6.46. The van der Waals surface area contributed by atoms with E-state index in [0.29, 0.717) is 54.7 Å². The molecule has 1 unspecified atom stereocenters. The van der Waals surface area contributed by atoms with E-state index in [-0.39, 0.29) is 11.3 Å². The fraction of sp³-hybridized carbons (Fsp3) is 0.379. The van der Waals surface area contributed by atoms with Crippen molar-refractivity contribution in [3.8, 4) is 17.2 Å². The number of carbonyl (C=O) groups is 2. The fourth-order valence-electron chi connectivity index (χ4n) is 4.38. The van der Waals surface area contributed by atoms with Crippen molar-refractivity contribution >= 4 is 17.4 Å². The molecule has 8 heteroatoms. The minimum atomic E-state index is -0.787. The Kier molecular flexibility index (Phi) is 9.74. The van der Waals surface area contributed by atoms with Gasteiger partial charge < -0.3 is 29.1 Å². The number of amides is 1. The van der Waals surface area contributed by atoms with Crippen LogP contribution in [0.15, 0.2) is 60.7 Å². The van der Waals surface area contributed by atoms with Crippen molar-refractivity contribution < 1.29 is 28.9 Å². The normalized spacial score (nSPS) is 16.8. The lowest BCUT2D eigenvalue weighted by Crippen LogP contribution is -2.38. The molecule has 0 radical (unpaired) electrons. The van der Waals surface area contributed by atoms with E-state index in [1.54, 1.807) is 55.7 Å². The number of likely N-dealkylation sites (tertiary alicyclic amines) is 1. The summed E-state index contributed by atoms with van der Waals surface area (Å²) in [7, 11) is 1.55. The third-order valence-electron chi connectivity index (χ3n) is 6.40. The van der Waals surface area contributed by atoms with E-state index >= 15 is 0 Å². The quantitative estimate of drug-likeness (QED) is 0.185. The second kappa shape index (κ2) is 13.0. The molecule has 2 aromatic carbocycles. The third kappa shape index (κ3) is 6.14. The molecule has 0 bridgehead atoms. The molecule has 2 aromatic rings. The van der Waals surface area contributed by atoms with Crippen LogP contribution >= 0.6 is 0 Å². The molecule has 1 aliphatic rings. The Labute approximate surface area is 218 Å². The number of aliphatic hydroxyl groups excluding tert-OH is 1. The zero-order chi connectivity index (χ0) is 26.9. The summed E-state index contributed by atoms with van der Waals surface area (Å²) in [6.45, 7) is 12.9. The molecular weight excluding hydrogens is 472 g/mol. The molecule has 3 rings (SSSR count). The number of hydrogen-bond acceptors (Lipinski definition) is 7. The van der Waals surface area contributed by atoms with Crippen LogP contribution in [-0.2, 0) is 9.59 Å². The van der Waals surface area contributed by atoms with Gasteiger partial charge in [-0.2, -0.15) is 0 Å². The molecule has 0 spiro atoms. The molecule has 0 aromatic heterocycles. The van der Waals surface area contributed by atoms with E-state index in [4.69, 9.17) is 14.2 Å². The first kappa shape index (κ1) is 27.8. The molecule has 198 valence electrons. The van der Waals surface area contributed by atoms with Crippen molar-refractivity contribution in [1.82, 2.24) is 9.80 Å². The second-order valence-electron chi connectivity index (χ2n) is 8.49. The molecule has 1 atom stereocenters. The predicted octanol–water partition coefficient (Wildman–Crippen LogP) is 4.42. The maximum atomic E-state index is 13.3. The fourth-order valence-corrected chi connectivity index (χ4v) is 4.38. The lowest BCUT2D eigenvalue weighted by molar-refractivity contribution is -0.140. The zero-order valence-electron chi connectivity index (χ0n) is 22.0. The highest BCUT2D eigenvalue weighted by atomic mass is 16.5. The van der Waals surface area contributed by atoms with Crippen LogP contribution in [0.3, 0.4) is 0 Å². The maximum absolute atomic E-state index is 13.3. The van der Waals surface area contributed by atoms with Crippen LogP contribution in [0.1, 0.15) is 37.9 Å². The number of carbonyl (C=O) groups excluding carboxylic acids is 2. The van der Waals surface area contributed by atoms with Crippen molar-refractivity contribution in [3.05, 3.63) is 71.8 Å². The van der Waals surface area contributed by atoms with Gasteiger partial charge >= 0.3 is 0 Å². The van der Waals surface area contributed by atoms with Gasteiger partial charge in [0.05, 0.1) is 25.3 Å². The Morgan fingerprint density at radius 1 is 1.05 bits per heavy atom. The monoisotopic (exact) mass is 508 g/mol. The van der Waals surface area contributed by atoms with Crippen molar-refractivity contribution in [3.63, 3.8) is 0 Å². The van der Waals surface area contributed by atoms with Crippen LogP contribution in [0.2, 0.25) is 0 Å². The Morgan fingerprint density at radius 3 is 2.35 bits per heavy atom. The number of rotatable bonds is 13. The average molecular weight is 509 g/mol. The summed E-state index contributed by atoms with van der Waals surface area (Å²) in [5, 5.41) is 11.3. The van der Waals surface area contributed by atoms with Crippen LogP contribution < -0.4 is 14.2 Å². The van der Waals surface area contributed by atoms with Crippen molar-refractivity contribution in [2.24, 2.45) is 0 Å². The minimum absolute atomic E-state index is 0.0388. The first-order valence-electron chi connectivity index (χ1n) is 12.6. The standard InChI is InChI=1S/C29H36N2O6/c1-6-18-37-23-15-12-21(19-24(23)36-9-4)26-25(27(32)20-10-13-22(35-5)14-11-20)28(33)29(34)31(26)17-16-30(7-2)8-3/h6,10-15,19,26,32H,1,7-9,16-18H2,2-5H3/b27-25+. The molecular formula is C29H36N2O6. The van der Waals surface area contributed by atoms with Crippen LogP contribution in [0.25, 0.3) is 5.76 Å². The van der Waals surface area contributed by atoms with Crippen LogP contribution in [0.4, 0.5) is 0 Å². The number of Topliss-reactive ketones (excluding diaryl/α,β-unsaturated/α-hetero) is 1. The van der Waals surface area contributed by atoms with Gasteiger partial charge in [-0.05, 0) is 62.0 Å². The second-order valence-corrected chi connectivity index (χ2v) is 8.49. The summed E-state index contributed by atoms with van der Waals surface area (Å²) >= 11 is 0. The summed E-state index contributed by atoms with van der Waals surface area (Å²) in [5.41, 5.74) is 1.10. The molecule has 1 fully saturated rings. The molecule has 8 nitrogen and oxygen atoms in total. The highest BCUT2D eigenvalue weighted by Gasteiger charge is 2.46. The average Bonchev–Trinajstić information content (AvgIpc) is 3.17. The van der Waals surface area contributed by atoms with E-state index in [2.05, 4.69) is 25.3 Å². The largest absolute Gasteiger partial charge is 0.507 e. The van der Waals surface area contributed by atoms with Gasteiger partial charge in [-0.3, -0.25) is 9.59 Å². The number of benzene rings is 2. The number of aliphatic hydroxyl groups is 1.